The summed E-state index contributed by atoms with van der Waals surface area (Å²) in [6.45, 7) is 4.58. The second-order valence-corrected chi connectivity index (χ2v) is 7.62. The van der Waals surface area contributed by atoms with Gasteiger partial charge < -0.3 is 19.2 Å². The van der Waals surface area contributed by atoms with Gasteiger partial charge in [0, 0.05) is 17.6 Å². The van der Waals surface area contributed by atoms with E-state index in [4.69, 9.17) is 14.3 Å². The maximum absolute atomic E-state index is 12.5. The second kappa shape index (κ2) is 10.7. The Labute approximate surface area is 178 Å². The first-order valence-corrected chi connectivity index (χ1v) is 10.4. The average Bonchev–Trinajstić information content (AvgIpc) is 2.76. The fraction of sp³-hybridized carbons (Fsp3) is 0.417. The highest BCUT2D eigenvalue weighted by molar-refractivity contribution is 5.81. The van der Waals surface area contributed by atoms with Gasteiger partial charge in [-0.1, -0.05) is 35.5 Å². The Hall–Kier alpha value is -3.02. The molecule has 0 radical (unpaired) electrons. The molecule has 3 rings (SSSR count). The average molecular weight is 411 g/mol. The molecule has 0 aromatic heterocycles. The van der Waals surface area contributed by atoms with Crippen molar-refractivity contribution >= 4 is 12.1 Å². The number of carbonyl (C=O) groups is 1. The van der Waals surface area contributed by atoms with Crippen LogP contribution in [0, 0.1) is 0 Å². The van der Waals surface area contributed by atoms with Crippen LogP contribution in [0.15, 0.2) is 53.7 Å². The summed E-state index contributed by atoms with van der Waals surface area (Å²) >= 11 is 0. The van der Waals surface area contributed by atoms with Crippen LogP contribution in [0.4, 0.5) is 0 Å². The van der Waals surface area contributed by atoms with Gasteiger partial charge in [0.05, 0.1) is 13.3 Å². The van der Waals surface area contributed by atoms with Crippen molar-refractivity contribution in [3.63, 3.8) is 0 Å². The number of hydrogen-bond donors (Lipinski definition) is 0. The third-order valence-corrected chi connectivity index (χ3v) is 5.37. The molecular weight excluding hydrogens is 380 g/mol. The number of piperidine rings is 1. The molecule has 1 saturated heterocycles. The van der Waals surface area contributed by atoms with Crippen molar-refractivity contribution in [2.45, 2.75) is 51.8 Å². The Bertz CT molecular complexity index is 844. The van der Waals surface area contributed by atoms with Gasteiger partial charge in [-0.05, 0) is 56.9 Å². The fourth-order valence-corrected chi connectivity index (χ4v) is 3.80. The SMILES string of the molecule is COc1cc(/C=N\OCC(=O)N2[C@@H](C)CCC[C@@H]2C)ccc1OCc1ccccc1. The van der Waals surface area contributed by atoms with Crippen LogP contribution in [0.5, 0.6) is 11.5 Å². The van der Waals surface area contributed by atoms with Gasteiger partial charge in [-0.3, -0.25) is 4.79 Å². The molecule has 30 heavy (non-hydrogen) atoms. The van der Waals surface area contributed by atoms with Gasteiger partial charge in [0.2, 0.25) is 0 Å². The summed E-state index contributed by atoms with van der Waals surface area (Å²) in [4.78, 5) is 19.6. The number of oxime groups is 1. The van der Waals surface area contributed by atoms with Crippen molar-refractivity contribution in [1.29, 1.82) is 0 Å². The van der Waals surface area contributed by atoms with E-state index in [1.54, 1.807) is 13.3 Å². The predicted molar refractivity (Wildman–Crippen MR) is 117 cm³/mol. The lowest BCUT2D eigenvalue weighted by atomic mass is 9.97. The van der Waals surface area contributed by atoms with Gasteiger partial charge in [0.1, 0.15) is 6.61 Å². The van der Waals surface area contributed by atoms with E-state index in [0.29, 0.717) is 18.1 Å². The molecule has 0 bridgehead atoms. The number of amides is 1. The van der Waals surface area contributed by atoms with Crippen LogP contribution in [0.1, 0.15) is 44.2 Å². The first kappa shape index (κ1) is 21.7. The number of ether oxygens (including phenoxy) is 2. The summed E-state index contributed by atoms with van der Waals surface area (Å²) in [5, 5.41) is 3.96. The topological polar surface area (TPSA) is 60.4 Å². The van der Waals surface area contributed by atoms with E-state index in [9.17, 15) is 4.79 Å². The number of benzene rings is 2. The third kappa shape index (κ3) is 5.75. The summed E-state index contributed by atoms with van der Waals surface area (Å²) < 4.78 is 11.3. The molecule has 6 nitrogen and oxygen atoms in total. The largest absolute Gasteiger partial charge is 0.493 e. The lowest BCUT2D eigenvalue weighted by Crippen LogP contribution is -2.48. The van der Waals surface area contributed by atoms with Crippen molar-refractivity contribution in [3.8, 4) is 11.5 Å². The molecule has 2 atom stereocenters. The van der Waals surface area contributed by atoms with Gasteiger partial charge >= 0.3 is 0 Å². The second-order valence-electron chi connectivity index (χ2n) is 7.62. The summed E-state index contributed by atoms with van der Waals surface area (Å²) in [6, 6.07) is 16.0. The number of rotatable bonds is 8. The zero-order valence-electron chi connectivity index (χ0n) is 17.9. The molecule has 0 aliphatic carbocycles. The van der Waals surface area contributed by atoms with Gasteiger partial charge in [-0.25, -0.2) is 0 Å². The normalized spacial score (nSPS) is 19.0. The number of methoxy groups -OCH3 is 1. The molecule has 1 aliphatic heterocycles. The number of carbonyl (C=O) groups excluding carboxylic acids is 1. The smallest absolute Gasteiger partial charge is 0.263 e. The quantitative estimate of drug-likeness (QED) is 0.478. The Morgan fingerprint density at radius 1 is 1.10 bits per heavy atom. The van der Waals surface area contributed by atoms with E-state index < -0.39 is 0 Å². The maximum atomic E-state index is 12.5. The van der Waals surface area contributed by atoms with Crippen LogP contribution in [0.25, 0.3) is 0 Å². The van der Waals surface area contributed by atoms with Crippen LogP contribution in [0.3, 0.4) is 0 Å². The summed E-state index contributed by atoms with van der Waals surface area (Å²) in [6.07, 6.45) is 4.81. The van der Waals surface area contributed by atoms with Crippen LogP contribution in [-0.4, -0.2) is 42.8 Å². The monoisotopic (exact) mass is 410 g/mol. The molecule has 160 valence electrons. The molecule has 0 unspecified atom stereocenters. The first-order chi connectivity index (χ1) is 14.6. The van der Waals surface area contributed by atoms with Crippen molar-refractivity contribution < 1.29 is 19.1 Å². The summed E-state index contributed by atoms with van der Waals surface area (Å²) in [5.74, 6) is 1.25. The highest BCUT2D eigenvalue weighted by atomic mass is 16.6. The van der Waals surface area contributed by atoms with Crippen molar-refractivity contribution in [3.05, 3.63) is 59.7 Å². The molecule has 1 heterocycles. The first-order valence-electron chi connectivity index (χ1n) is 10.4. The Morgan fingerprint density at radius 3 is 2.53 bits per heavy atom. The molecule has 0 N–H and O–H groups in total. The van der Waals surface area contributed by atoms with Gasteiger partial charge in [-0.2, -0.15) is 0 Å². The van der Waals surface area contributed by atoms with E-state index in [1.165, 1.54) is 0 Å². The molecular formula is C24H30N2O4. The zero-order chi connectivity index (χ0) is 21.3. The van der Waals surface area contributed by atoms with Crippen LogP contribution >= 0.6 is 0 Å². The molecule has 1 aliphatic rings. The van der Waals surface area contributed by atoms with Crippen molar-refractivity contribution in [2.24, 2.45) is 5.16 Å². The van der Waals surface area contributed by atoms with E-state index in [-0.39, 0.29) is 24.6 Å². The maximum Gasteiger partial charge on any atom is 0.263 e. The predicted octanol–water partition coefficient (Wildman–Crippen LogP) is 4.41. The highest BCUT2D eigenvalue weighted by Gasteiger charge is 2.28. The number of likely N-dealkylation sites (tertiary alicyclic amines) is 1. The van der Waals surface area contributed by atoms with Crippen LogP contribution < -0.4 is 9.47 Å². The molecule has 2 aromatic carbocycles. The highest BCUT2D eigenvalue weighted by Crippen LogP contribution is 2.28. The lowest BCUT2D eigenvalue weighted by molar-refractivity contribution is -0.142. The molecule has 0 spiro atoms. The Morgan fingerprint density at radius 2 is 1.83 bits per heavy atom. The minimum atomic E-state index is -0.0550. The molecule has 2 aromatic rings. The fourth-order valence-electron chi connectivity index (χ4n) is 3.80. The Kier molecular flexibility index (Phi) is 7.71. The van der Waals surface area contributed by atoms with Gasteiger partial charge in [-0.15, -0.1) is 0 Å². The summed E-state index contributed by atoms with van der Waals surface area (Å²) in [7, 11) is 1.60. The van der Waals surface area contributed by atoms with Crippen molar-refractivity contribution in [2.75, 3.05) is 13.7 Å². The minimum Gasteiger partial charge on any atom is -0.493 e. The third-order valence-electron chi connectivity index (χ3n) is 5.37. The van der Waals surface area contributed by atoms with E-state index in [0.717, 1.165) is 30.4 Å². The number of nitrogens with zero attached hydrogens (tertiary/aromatic N) is 2. The zero-order valence-corrected chi connectivity index (χ0v) is 17.9. The minimum absolute atomic E-state index is 0.0194. The summed E-state index contributed by atoms with van der Waals surface area (Å²) in [5.41, 5.74) is 1.88. The molecule has 1 amide bonds. The number of hydrogen-bond acceptors (Lipinski definition) is 5. The molecule has 0 saturated carbocycles. The van der Waals surface area contributed by atoms with E-state index in [1.807, 2.05) is 53.4 Å². The van der Waals surface area contributed by atoms with Crippen LogP contribution in [-0.2, 0) is 16.2 Å². The van der Waals surface area contributed by atoms with Gasteiger partial charge in [0.25, 0.3) is 5.91 Å². The molecule has 1 fully saturated rings. The van der Waals surface area contributed by atoms with Crippen molar-refractivity contribution in [1.82, 2.24) is 4.90 Å². The van der Waals surface area contributed by atoms with Gasteiger partial charge in [0.15, 0.2) is 18.1 Å². The van der Waals surface area contributed by atoms with E-state index in [2.05, 4.69) is 19.0 Å². The van der Waals surface area contributed by atoms with E-state index >= 15 is 0 Å². The Balaban J connectivity index is 1.53. The standard InChI is InChI=1S/C24H30N2O4/c1-18-8-7-9-19(2)26(18)24(27)17-30-25-15-21-12-13-22(23(14-21)28-3)29-16-20-10-5-4-6-11-20/h4-6,10-15,18-19H,7-9,16-17H2,1-3H3/b25-15-/t18-,19-/m0/s1. The van der Waals surface area contributed by atoms with Crippen LogP contribution in [0.2, 0.25) is 0 Å². The molecule has 6 heteroatoms. The lowest BCUT2D eigenvalue weighted by Gasteiger charge is -2.38.